The van der Waals surface area contributed by atoms with Gasteiger partial charge in [-0.1, -0.05) is 6.42 Å². The molecular weight excluding hydrogens is 262 g/mol. The monoisotopic (exact) mass is 293 g/mol. The zero-order chi connectivity index (χ0) is 15.0. The first-order valence-corrected chi connectivity index (χ1v) is 8.72. The third-order valence-corrected chi connectivity index (χ3v) is 6.31. The number of hydrogen-bond acceptors (Lipinski definition) is 3. The standard InChI is InChI=1S/C17H31N3O/c1-17(2,12-18)20-7-5-19(6-8-20)16(21)11-15-10-13-3-4-14(15)9-13/h13-15H,3-12,18H2,1-2H3. The van der Waals surface area contributed by atoms with Crippen molar-refractivity contribution in [1.29, 1.82) is 0 Å². The van der Waals surface area contributed by atoms with Crippen molar-refractivity contribution in [3.63, 3.8) is 0 Å². The lowest BCUT2D eigenvalue weighted by Gasteiger charge is -2.43. The van der Waals surface area contributed by atoms with Crippen LogP contribution in [-0.4, -0.2) is 54.0 Å². The topological polar surface area (TPSA) is 49.6 Å². The maximum absolute atomic E-state index is 12.5. The molecule has 0 spiro atoms. The van der Waals surface area contributed by atoms with E-state index in [1.807, 2.05) is 0 Å². The Kier molecular flexibility index (Phi) is 4.28. The Hall–Kier alpha value is -0.610. The van der Waals surface area contributed by atoms with E-state index >= 15 is 0 Å². The Balaban J connectivity index is 1.47. The molecular formula is C17H31N3O. The normalized spacial score (nSPS) is 33.7. The summed E-state index contributed by atoms with van der Waals surface area (Å²) in [6, 6.07) is 0. The summed E-state index contributed by atoms with van der Waals surface area (Å²) in [7, 11) is 0. The van der Waals surface area contributed by atoms with Crippen molar-refractivity contribution in [2.24, 2.45) is 23.5 Å². The average Bonchev–Trinajstić information content (AvgIpc) is 3.10. The number of rotatable bonds is 4. The molecule has 0 aromatic rings. The molecule has 1 heterocycles. The van der Waals surface area contributed by atoms with Crippen molar-refractivity contribution in [2.75, 3.05) is 32.7 Å². The highest BCUT2D eigenvalue weighted by Crippen LogP contribution is 2.49. The van der Waals surface area contributed by atoms with Crippen molar-refractivity contribution in [3.8, 4) is 0 Å². The molecule has 2 N–H and O–H groups in total. The van der Waals surface area contributed by atoms with Gasteiger partial charge in [-0.05, 0) is 50.9 Å². The predicted molar refractivity (Wildman–Crippen MR) is 84.8 cm³/mol. The van der Waals surface area contributed by atoms with Crippen molar-refractivity contribution >= 4 is 5.91 Å². The van der Waals surface area contributed by atoms with Crippen LogP contribution in [-0.2, 0) is 4.79 Å². The van der Waals surface area contributed by atoms with Crippen molar-refractivity contribution in [2.45, 2.75) is 51.5 Å². The van der Waals surface area contributed by atoms with Gasteiger partial charge in [0.15, 0.2) is 0 Å². The second kappa shape index (κ2) is 5.88. The molecule has 3 aliphatic rings. The molecule has 3 unspecified atom stereocenters. The average molecular weight is 293 g/mol. The summed E-state index contributed by atoms with van der Waals surface area (Å²) in [6.07, 6.45) is 6.32. The summed E-state index contributed by atoms with van der Waals surface area (Å²) in [5.41, 5.74) is 5.91. The van der Waals surface area contributed by atoms with Gasteiger partial charge in [-0.15, -0.1) is 0 Å². The number of carbonyl (C=O) groups excluding carboxylic acids is 1. The second-order valence-electron chi connectivity index (χ2n) is 8.02. The van der Waals surface area contributed by atoms with Gasteiger partial charge >= 0.3 is 0 Å². The maximum Gasteiger partial charge on any atom is 0.222 e. The number of piperazine rings is 1. The minimum atomic E-state index is 0.0553. The Labute approximate surface area is 129 Å². The first-order valence-electron chi connectivity index (χ1n) is 8.72. The van der Waals surface area contributed by atoms with Gasteiger partial charge < -0.3 is 10.6 Å². The Morgan fingerprint density at radius 3 is 2.38 bits per heavy atom. The Bertz CT molecular complexity index is 387. The molecule has 3 fully saturated rings. The summed E-state index contributed by atoms with van der Waals surface area (Å²) in [5.74, 6) is 2.89. The fraction of sp³-hybridized carbons (Fsp3) is 0.941. The fourth-order valence-electron chi connectivity index (χ4n) is 4.67. The lowest BCUT2D eigenvalue weighted by molar-refractivity contribution is -0.135. The molecule has 0 radical (unpaired) electrons. The summed E-state index contributed by atoms with van der Waals surface area (Å²) in [4.78, 5) is 17.1. The molecule has 0 aromatic heterocycles. The SMILES string of the molecule is CC(C)(CN)N1CCN(C(=O)CC2CC3CCC2C3)CC1. The molecule has 2 saturated carbocycles. The minimum absolute atomic E-state index is 0.0553. The summed E-state index contributed by atoms with van der Waals surface area (Å²) >= 11 is 0. The number of amides is 1. The highest BCUT2D eigenvalue weighted by atomic mass is 16.2. The van der Waals surface area contributed by atoms with Crippen molar-refractivity contribution < 1.29 is 4.79 Å². The van der Waals surface area contributed by atoms with Crippen LogP contribution in [0.2, 0.25) is 0 Å². The van der Waals surface area contributed by atoms with Crippen LogP contribution in [0.15, 0.2) is 0 Å². The molecule has 0 aromatic carbocycles. The number of nitrogens with zero attached hydrogens (tertiary/aromatic N) is 2. The third kappa shape index (κ3) is 3.11. The molecule has 1 saturated heterocycles. The van der Waals surface area contributed by atoms with Gasteiger partial charge in [0.2, 0.25) is 5.91 Å². The van der Waals surface area contributed by atoms with Gasteiger partial charge in [0.25, 0.3) is 0 Å². The van der Waals surface area contributed by atoms with Gasteiger partial charge in [-0.2, -0.15) is 0 Å². The number of carbonyl (C=O) groups is 1. The number of hydrogen-bond donors (Lipinski definition) is 1. The van der Waals surface area contributed by atoms with Crippen LogP contribution < -0.4 is 5.73 Å². The van der Waals surface area contributed by atoms with Crippen LogP contribution in [0, 0.1) is 17.8 Å². The molecule has 2 aliphatic carbocycles. The van der Waals surface area contributed by atoms with Gasteiger partial charge in [0, 0.05) is 44.7 Å². The van der Waals surface area contributed by atoms with Crippen LogP contribution in [0.5, 0.6) is 0 Å². The van der Waals surface area contributed by atoms with E-state index in [0.717, 1.165) is 44.4 Å². The van der Waals surface area contributed by atoms with Gasteiger partial charge in [-0.25, -0.2) is 0 Å². The molecule has 4 nitrogen and oxygen atoms in total. The molecule has 1 aliphatic heterocycles. The zero-order valence-corrected chi connectivity index (χ0v) is 13.7. The van der Waals surface area contributed by atoms with E-state index in [9.17, 15) is 4.79 Å². The van der Waals surface area contributed by atoms with Crippen LogP contribution >= 0.6 is 0 Å². The van der Waals surface area contributed by atoms with E-state index in [1.165, 1.54) is 25.7 Å². The number of nitrogens with two attached hydrogens (primary N) is 1. The van der Waals surface area contributed by atoms with Gasteiger partial charge in [0.1, 0.15) is 0 Å². The molecule has 21 heavy (non-hydrogen) atoms. The summed E-state index contributed by atoms with van der Waals surface area (Å²) in [6.45, 7) is 8.75. The number of fused-ring (bicyclic) bond motifs is 2. The van der Waals surface area contributed by atoms with E-state index in [4.69, 9.17) is 5.73 Å². The second-order valence-corrected chi connectivity index (χ2v) is 8.02. The van der Waals surface area contributed by atoms with Gasteiger partial charge in [0.05, 0.1) is 0 Å². The molecule has 4 heteroatoms. The van der Waals surface area contributed by atoms with E-state index in [2.05, 4.69) is 23.6 Å². The first-order chi connectivity index (χ1) is 9.99. The Morgan fingerprint density at radius 2 is 1.86 bits per heavy atom. The van der Waals surface area contributed by atoms with E-state index in [0.29, 0.717) is 18.4 Å². The first kappa shape index (κ1) is 15.3. The quantitative estimate of drug-likeness (QED) is 0.858. The van der Waals surface area contributed by atoms with Crippen LogP contribution in [0.1, 0.15) is 46.0 Å². The fourth-order valence-corrected chi connectivity index (χ4v) is 4.67. The highest BCUT2D eigenvalue weighted by molar-refractivity contribution is 5.76. The molecule has 2 bridgehead atoms. The molecule has 3 atom stereocenters. The summed E-state index contributed by atoms with van der Waals surface area (Å²) in [5, 5.41) is 0. The van der Waals surface area contributed by atoms with E-state index in [-0.39, 0.29) is 5.54 Å². The van der Waals surface area contributed by atoms with Crippen LogP contribution in [0.25, 0.3) is 0 Å². The maximum atomic E-state index is 12.5. The van der Waals surface area contributed by atoms with Crippen LogP contribution in [0.3, 0.4) is 0 Å². The largest absolute Gasteiger partial charge is 0.340 e. The highest BCUT2D eigenvalue weighted by Gasteiger charge is 2.41. The molecule has 3 rings (SSSR count). The summed E-state index contributed by atoms with van der Waals surface area (Å²) < 4.78 is 0. The van der Waals surface area contributed by atoms with E-state index < -0.39 is 0 Å². The van der Waals surface area contributed by atoms with E-state index in [1.54, 1.807) is 0 Å². The Morgan fingerprint density at radius 1 is 1.14 bits per heavy atom. The smallest absolute Gasteiger partial charge is 0.222 e. The molecule has 120 valence electrons. The van der Waals surface area contributed by atoms with Crippen LogP contribution in [0.4, 0.5) is 0 Å². The predicted octanol–water partition coefficient (Wildman–Crippen LogP) is 1.69. The molecule has 1 amide bonds. The minimum Gasteiger partial charge on any atom is -0.340 e. The van der Waals surface area contributed by atoms with Crippen molar-refractivity contribution in [1.82, 2.24) is 9.80 Å². The lowest BCUT2D eigenvalue weighted by atomic mass is 9.86. The zero-order valence-electron chi connectivity index (χ0n) is 13.7. The van der Waals surface area contributed by atoms with Gasteiger partial charge in [-0.3, -0.25) is 9.69 Å². The lowest BCUT2D eigenvalue weighted by Crippen LogP contribution is -2.58. The third-order valence-electron chi connectivity index (χ3n) is 6.31. The van der Waals surface area contributed by atoms with Crippen molar-refractivity contribution in [3.05, 3.63) is 0 Å².